The molecule has 0 aliphatic carbocycles. The van der Waals surface area contributed by atoms with Crippen LogP contribution in [0.5, 0.6) is 0 Å². The third-order valence-corrected chi connectivity index (χ3v) is 3.39. The SMILES string of the molecule is CC#C[C@@]1(O)C(O)[C@@H](CO)O[C@H]1n1c(C)cc(N)nc1=O. The molecule has 1 aliphatic rings. The first-order chi connectivity index (χ1) is 9.85. The van der Waals surface area contributed by atoms with Crippen molar-refractivity contribution in [1.29, 1.82) is 0 Å². The van der Waals surface area contributed by atoms with E-state index < -0.39 is 36.3 Å². The van der Waals surface area contributed by atoms with Gasteiger partial charge < -0.3 is 25.8 Å². The highest BCUT2D eigenvalue weighted by molar-refractivity contribution is 5.30. The molecule has 0 bridgehead atoms. The standard InChI is InChI=1S/C13H17N3O5/c1-3-4-13(20)10(18)8(6-17)21-11(13)16-7(2)5-9(14)15-12(16)19/h5,8,10-11,17-18,20H,6H2,1-2H3,(H2,14,15,19)/t8-,10?,11-,13-/m1/s1. The summed E-state index contributed by atoms with van der Waals surface area (Å²) < 4.78 is 6.46. The van der Waals surface area contributed by atoms with Crippen molar-refractivity contribution in [2.45, 2.75) is 37.9 Å². The van der Waals surface area contributed by atoms with Gasteiger partial charge in [-0.05, 0) is 19.9 Å². The Balaban J connectivity index is 2.61. The van der Waals surface area contributed by atoms with Crippen LogP contribution in [0.15, 0.2) is 10.9 Å². The molecular weight excluding hydrogens is 278 g/mol. The number of rotatable bonds is 2. The van der Waals surface area contributed by atoms with Gasteiger partial charge in [0.25, 0.3) is 0 Å². The summed E-state index contributed by atoms with van der Waals surface area (Å²) in [5.74, 6) is 4.98. The van der Waals surface area contributed by atoms with Gasteiger partial charge in [-0.1, -0.05) is 5.92 Å². The number of nitrogens with two attached hydrogens (primary N) is 1. The lowest BCUT2D eigenvalue weighted by atomic mass is 9.94. The molecule has 1 aromatic heterocycles. The van der Waals surface area contributed by atoms with Crippen molar-refractivity contribution in [2.75, 3.05) is 12.3 Å². The smallest absolute Gasteiger partial charge is 0.351 e. The van der Waals surface area contributed by atoms with Crippen LogP contribution in [0.3, 0.4) is 0 Å². The summed E-state index contributed by atoms with van der Waals surface area (Å²) in [6.45, 7) is 2.54. The predicted molar refractivity (Wildman–Crippen MR) is 73.0 cm³/mol. The molecule has 21 heavy (non-hydrogen) atoms. The Bertz CT molecular complexity index is 662. The second kappa shape index (κ2) is 5.46. The maximum atomic E-state index is 12.0. The fraction of sp³-hybridized carbons (Fsp3) is 0.538. The molecule has 0 amide bonds. The maximum absolute atomic E-state index is 12.0. The molecule has 8 nitrogen and oxygen atoms in total. The summed E-state index contributed by atoms with van der Waals surface area (Å²) in [6, 6.07) is 1.43. The number of aliphatic hydroxyl groups excluding tert-OH is 2. The quantitative estimate of drug-likeness (QED) is 0.470. The second-order valence-electron chi connectivity index (χ2n) is 4.83. The van der Waals surface area contributed by atoms with E-state index in [-0.39, 0.29) is 5.82 Å². The number of aromatic nitrogens is 2. The first kappa shape index (κ1) is 15.5. The summed E-state index contributed by atoms with van der Waals surface area (Å²) in [6.07, 6.45) is -3.83. The fourth-order valence-corrected chi connectivity index (χ4v) is 2.43. The molecule has 114 valence electrons. The average Bonchev–Trinajstić information content (AvgIpc) is 2.63. The third-order valence-electron chi connectivity index (χ3n) is 3.39. The summed E-state index contributed by atoms with van der Waals surface area (Å²) in [7, 11) is 0. The van der Waals surface area contributed by atoms with E-state index in [9.17, 15) is 20.1 Å². The predicted octanol–water partition coefficient (Wildman–Crippen LogP) is -1.86. The van der Waals surface area contributed by atoms with E-state index in [1.54, 1.807) is 6.92 Å². The van der Waals surface area contributed by atoms with Crippen LogP contribution in [-0.2, 0) is 4.74 Å². The van der Waals surface area contributed by atoms with Crippen LogP contribution in [-0.4, -0.2) is 49.3 Å². The molecule has 0 radical (unpaired) electrons. The Morgan fingerprint density at radius 3 is 2.81 bits per heavy atom. The fourth-order valence-electron chi connectivity index (χ4n) is 2.43. The molecule has 1 aromatic rings. The minimum Gasteiger partial charge on any atom is -0.394 e. The molecule has 0 aromatic carbocycles. The van der Waals surface area contributed by atoms with Gasteiger partial charge in [0, 0.05) is 5.69 Å². The number of hydrogen-bond acceptors (Lipinski definition) is 7. The highest BCUT2D eigenvalue weighted by Crippen LogP contribution is 2.37. The molecule has 1 saturated heterocycles. The topological polar surface area (TPSA) is 131 Å². The van der Waals surface area contributed by atoms with Crippen LogP contribution in [0.4, 0.5) is 5.82 Å². The Kier molecular flexibility index (Phi) is 4.02. The molecule has 1 fully saturated rings. The molecule has 5 N–H and O–H groups in total. The zero-order valence-corrected chi connectivity index (χ0v) is 11.6. The number of ether oxygens (including phenoxy) is 1. The lowest BCUT2D eigenvalue weighted by molar-refractivity contribution is -0.0774. The Labute approximate surface area is 120 Å². The van der Waals surface area contributed by atoms with Crippen LogP contribution in [0.1, 0.15) is 18.8 Å². The van der Waals surface area contributed by atoms with Gasteiger partial charge in [-0.25, -0.2) is 4.79 Å². The highest BCUT2D eigenvalue weighted by atomic mass is 16.6. The van der Waals surface area contributed by atoms with Crippen molar-refractivity contribution < 1.29 is 20.1 Å². The van der Waals surface area contributed by atoms with Gasteiger partial charge in [0.15, 0.2) is 11.8 Å². The minimum atomic E-state index is -2.03. The van der Waals surface area contributed by atoms with Gasteiger partial charge in [0.05, 0.1) is 6.61 Å². The molecule has 2 rings (SSSR count). The summed E-state index contributed by atoms with van der Waals surface area (Å²) in [4.78, 5) is 15.6. The van der Waals surface area contributed by atoms with E-state index in [1.807, 2.05) is 0 Å². The average molecular weight is 295 g/mol. The van der Waals surface area contributed by atoms with E-state index in [0.717, 1.165) is 4.57 Å². The zero-order valence-electron chi connectivity index (χ0n) is 11.6. The number of anilines is 1. The zero-order chi connectivity index (χ0) is 15.8. The van der Waals surface area contributed by atoms with Gasteiger partial charge in [-0.2, -0.15) is 4.98 Å². The largest absolute Gasteiger partial charge is 0.394 e. The van der Waals surface area contributed by atoms with Gasteiger partial charge in [-0.3, -0.25) is 4.57 Å². The molecule has 2 heterocycles. The van der Waals surface area contributed by atoms with Crippen LogP contribution in [0.25, 0.3) is 0 Å². The molecule has 0 spiro atoms. The van der Waals surface area contributed by atoms with Crippen LogP contribution in [0, 0.1) is 18.8 Å². The number of aliphatic hydroxyl groups is 3. The van der Waals surface area contributed by atoms with Crippen LogP contribution < -0.4 is 11.4 Å². The van der Waals surface area contributed by atoms with E-state index in [0.29, 0.717) is 5.69 Å². The van der Waals surface area contributed by atoms with E-state index >= 15 is 0 Å². The molecule has 0 saturated carbocycles. The second-order valence-corrected chi connectivity index (χ2v) is 4.83. The molecule has 1 unspecified atom stereocenters. The maximum Gasteiger partial charge on any atom is 0.351 e. The summed E-state index contributed by atoms with van der Waals surface area (Å²) >= 11 is 0. The number of aryl methyl sites for hydroxylation is 1. The molecular formula is C13H17N3O5. The highest BCUT2D eigenvalue weighted by Gasteiger charge is 2.56. The van der Waals surface area contributed by atoms with Gasteiger partial charge in [-0.15, -0.1) is 5.92 Å². The van der Waals surface area contributed by atoms with Crippen LogP contribution >= 0.6 is 0 Å². The minimum absolute atomic E-state index is 0.0381. The Hall–Kier alpha value is -1.92. The summed E-state index contributed by atoms with van der Waals surface area (Å²) in [5, 5.41) is 29.9. The Morgan fingerprint density at radius 2 is 2.29 bits per heavy atom. The summed E-state index contributed by atoms with van der Waals surface area (Å²) in [5.41, 5.74) is 3.11. The van der Waals surface area contributed by atoms with Crippen molar-refractivity contribution in [3.8, 4) is 11.8 Å². The van der Waals surface area contributed by atoms with Gasteiger partial charge in [0.1, 0.15) is 18.0 Å². The third kappa shape index (κ3) is 2.41. The van der Waals surface area contributed by atoms with E-state index in [1.165, 1.54) is 13.0 Å². The van der Waals surface area contributed by atoms with Gasteiger partial charge in [0.2, 0.25) is 0 Å². The monoisotopic (exact) mass is 295 g/mol. The van der Waals surface area contributed by atoms with Crippen molar-refractivity contribution >= 4 is 5.82 Å². The number of hydrogen-bond donors (Lipinski definition) is 4. The van der Waals surface area contributed by atoms with E-state index in [2.05, 4.69) is 16.8 Å². The van der Waals surface area contributed by atoms with E-state index in [4.69, 9.17) is 10.5 Å². The first-order valence-corrected chi connectivity index (χ1v) is 6.31. The van der Waals surface area contributed by atoms with Crippen molar-refractivity contribution in [2.24, 2.45) is 0 Å². The molecule has 1 aliphatic heterocycles. The Morgan fingerprint density at radius 1 is 1.62 bits per heavy atom. The molecule has 4 atom stereocenters. The lowest BCUT2D eigenvalue weighted by Crippen LogP contribution is -2.48. The van der Waals surface area contributed by atoms with Crippen molar-refractivity contribution in [1.82, 2.24) is 9.55 Å². The lowest BCUT2D eigenvalue weighted by Gasteiger charge is -2.27. The van der Waals surface area contributed by atoms with Gasteiger partial charge >= 0.3 is 5.69 Å². The van der Waals surface area contributed by atoms with Crippen LogP contribution in [0.2, 0.25) is 0 Å². The first-order valence-electron chi connectivity index (χ1n) is 6.31. The normalized spacial score (nSPS) is 31.8. The number of nitrogen functional groups attached to an aromatic ring is 1. The van der Waals surface area contributed by atoms with Crippen molar-refractivity contribution in [3.05, 3.63) is 22.2 Å². The van der Waals surface area contributed by atoms with Crippen molar-refractivity contribution in [3.63, 3.8) is 0 Å². The number of nitrogens with zero attached hydrogens (tertiary/aromatic N) is 2. The molecule has 8 heteroatoms.